The van der Waals surface area contributed by atoms with Gasteiger partial charge in [0, 0.05) is 25.2 Å². The number of amides is 2. The second kappa shape index (κ2) is 9.18. The van der Waals surface area contributed by atoms with E-state index in [0.717, 1.165) is 0 Å². The topological polar surface area (TPSA) is 110 Å². The van der Waals surface area contributed by atoms with Crippen LogP contribution < -0.4 is 5.32 Å². The van der Waals surface area contributed by atoms with Crippen LogP contribution in [0.1, 0.15) is 32.8 Å². The summed E-state index contributed by atoms with van der Waals surface area (Å²) in [6, 6.07) is 6.38. The Kier molecular flexibility index (Phi) is 7.17. The summed E-state index contributed by atoms with van der Waals surface area (Å²) in [6.45, 7) is 5.02. The van der Waals surface area contributed by atoms with Gasteiger partial charge in [-0.15, -0.1) is 0 Å². The molecule has 2 amide bonds. The number of likely N-dealkylation sites (N-methyl/N-ethyl adjacent to an activating group) is 1. The Bertz CT molecular complexity index is 834. The predicted octanol–water partition coefficient (Wildman–Crippen LogP) is 1.15. The van der Waals surface area contributed by atoms with Crippen molar-refractivity contribution in [3.8, 4) is 0 Å². The molecule has 9 heteroatoms. The quantitative estimate of drug-likeness (QED) is 0.676. The number of esters is 1. The highest BCUT2D eigenvalue weighted by Gasteiger charge is 2.36. The van der Waals surface area contributed by atoms with Crippen molar-refractivity contribution < 1.29 is 27.5 Å². The molecule has 28 heavy (non-hydrogen) atoms. The summed E-state index contributed by atoms with van der Waals surface area (Å²) in [5, 5.41) is 2.64. The van der Waals surface area contributed by atoms with Gasteiger partial charge in [-0.3, -0.25) is 14.4 Å². The first kappa shape index (κ1) is 21.9. The van der Waals surface area contributed by atoms with Gasteiger partial charge in [-0.05, 0) is 38.0 Å². The second-order valence-corrected chi connectivity index (χ2v) is 9.10. The number of nitrogens with zero attached hydrogens (tertiary/aromatic N) is 1. The number of benzene rings is 1. The molecule has 0 aromatic heterocycles. The van der Waals surface area contributed by atoms with Crippen molar-refractivity contribution in [2.75, 3.05) is 23.4 Å². The Labute approximate surface area is 165 Å². The largest absolute Gasteiger partial charge is 0.452 e. The van der Waals surface area contributed by atoms with E-state index < -0.39 is 21.9 Å². The van der Waals surface area contributed by atoms with Gasteiger partial charge in [-0.1, -0.05) is 12.1 Å². The minimum atomic E-state index is -3.11. The molecular weight excluding hydrogens is 384 g/mol. The molecule has 1 aromatic carbocycles. The number of anilines is 1. The van der Waals surface area contributed by atoms with E-state index in [4.69, 9.17) is 4.74 Å². The number of nitrogens with one attached hydrogen (secondary N) is 1. The minimum absolute atomic E-state index is 0.0120. The van der Waals surface area contributed by atoms with Gasteiger partial charge in [0.2, 0.25) is 5.91 Å². The van der Waals surface area contributed by atoms with Gasteiger partial charge in [-0.25, -0.2) is 8.42 Å². The van der Waals surface area contributed by atoms with E-state index >= 15 is 0 Å². The fourth-order valence-electron chi connectivity index (χ4n) is 3.21. The molecule has 8 nitrogen and oxygen atoms in total. The highest BCUT2D eigenvalue weighted by Crippen LogP contribution is 2.19. The summed E-state index contributed by atoms with van der Waals surface area (Å²) in [5.74, 6) is -1.10. The maximum atomic E-state index is 12.6. The van der Waals surface area contributed by atoms with Gasteiger partial charge in [-0.2, -0.15) is 0 Å². The molecule has 1 fully saturated rings. The molecule has 1 saturated heterocycles. The molecule has 154 valence electrons. The average Bonchev–Trinajstić information content (AvgIpc) is 2.96. The maximum absolute atomic E-state index is 12.6. The molecule has 1 aromatic rings. The van der Waals surface area contributed by atoms with E-state index in [1.165, 1.54) is 18.7 Å². The zero-order chi connectivity index (χ0) is 20.9. The first-order chi connectivity index (χ1) is 13.1. The summed E-state index contributed by atoms with van der Waals surface area (Å²) < 4.78 is 28.6. The van der Waals surface area contributed by atoms with Crippen LogP contribution >= 0.6 is 0 Å². The fourth-order valence-corrected chi connectivity index (χ4v) is 4.94. The molecule has 1 aliphatic heterocycles. The molecule has 0 saturated carbocycles. The number of ether oxygens (including phenoxy) is 1. The van der Waals surface area contributed by atoms with E-state index in [1.807, 2.05) is 0 Å². The van der Waals surface area contributed by atoms with Crippen LogP contribution in [-0.2, 0) is 35.4 Å². The number of carbonyl (C=O) groups is 3. The van der Waals surface area contributed by atoms with Crippen LogP contribution in [0.3, 0.4) is 0 Å². The van der Waals surface area contributed by atoms with Crippen LogP contribution in [0.2, 0.25) is 0 Å². The first-order valence-electron chi connectivity index (χ1n) is 9.18. The van der Waals surface area contributed by atoms with E-state index in [9.17, 15) is 22.8 Å². The molecule has 1 aliphatic rings. The number of rotatable bonds is 7. The molecule has 0 bridgehead atoms. The number of hydrogen-bond donors (Lipinski definition) is 1. The van der Waals surface area contributed by atoms with Crippen molar-refractivity contribution in [2.45, 2.75) is 45.8 Å². The smallest absolute Gasteiger partial charge is 0.311 e. The lowest BCUT2D eigenvalue weighted by Crippen LogP contribution is -2.46. The first-order valence-corrected chi connectivity index (χ1v) is 11.0. The minimum Gasteiger partial charge on any atom is -0.452 e. The Morgan fingerprint density at radius 3 is 2.39 bits per heavy atom. The lowest BCUT2D eigenvalue weighted by atomic mass is 10.1. The number of hydrogen-bond acceptors (Lipinski definition) is 6. The normalized spacial score (nSPS) is 18.9. The lowest BCUT2D eigenvalue weighted by molar-refractivity contribution is -0.159. The molecule has 0 radical (unpaired) electrons. The van der Waals surface area contributed by atoms with Gasteiger partial charge in [0.15, 0.2) is 15.9 Å². The van der Waals surface area contributed by atoms with Gasteiger partial charge >= 0.3 is 5.97 Å². The van der Waals surface area contributed by atoms with Crippen molar-refractivity contribution in [2.24, 2.45) is 0 Å². The van der Waals surface area contributed by atoms with E-state index in [2.05, 4.69) is 5.32 Å². The van der Waals surface area contributed by atoms with Gasteiger partial charge in [0.25, 0.3) is 5.91 Å². The van der Waals surface area contributed by atoms with Crippen molar-refractivity contribution in [3.05, 3.63) is 29.8 Å². The Morgan fingerprint density at radius 2 is 1.89 bits per heavy atom. The number of carbonyl (C=O) groups excluding carboxylic acids is 3. The second-order valence-electron chi connectivity index (χ2n) is 6.87. The van der Waals surface area contributed by atoms with E-state index in [1.54, 1.807) is 31.2 Å². The Hall–Kier alpha value is -2.42. The summed E-state index contributed by atoms with van der Waals surface area (Å²) in [7, 11) is -3.11. The lowest BCUT2D eigenvalue weighted by Gasteiger charge is -2.29. The van der Waals surface area contributed by atoms with E-state index in [0.29, 0.717) is 24.2 Å². The molecule has 1 heterocycles. The monoisotopic (exact) mass is 410 g/mol. The third-order valence-electron chi connectivity index (χ3n) is 4.55. The maximum Gasteiger partial charge on any atom is 0.311 e. The fraction of sp³-hybridized carbons (Fsp3) is 0.526. The molecule has 0 aliphatic carbocycles. The average molecular weight is 410 g/mol. The van der Waals surface area contributed by atoms with E-state index in [-0.39, 0.29) is 35.8 Å². The zero-order valence-electron chi connectivity index (χ0n) is 16.3. The Balaban J connectivity index is 1.91. The molecule has 0 unspecified atom stereocenters. The SMILES string of the molecule is CCN(C(=O)[C@@H](C)OC(=O)Cc1ccc(NC(C)=O)cc1)[C@H]1CCS(=O)(=O)C1. The highest BCUT2D eigenvalue weighted by atomic mass is 32.2. The van der Waals surface area contributed by atoms with Crippen LogP contribution in [0, 0.1) is 0 Å². The summed E-state index contributed by atoms with van der Waals surface area (Å²) in [4.78, 5) is 37.3. The standard InChI is InChI=1S/C19H26N2O6S/c1-4-21(17-9-10-28(25,26)12-17)19(24)13(2)27-18(23)11-15-5-7-16(8-6-15)20-14(3)22/h5-8,13,17H,4,9-12H2,1-3H3,(H,20,22)/t13-,17+/m1/s1. The van der Waals surface area contributed by atoms with Crippen LogP contribution in [-0.4, -0.2) is 61.3 Å². The van der Waals surface area contributed by atoms with Crippen LogP contribution in [0.5, 0.6) is 0 Å². The summed E-state index contributed by atoms with van der Waals surface area (Å²) >= 11 is 0. The predicted molar refractivity (Wildman–Crippen MR) is 104 cm³/mol. The summed E-state index contributed by atoms with van der Waals surface area (Å²) in [5.41, 5.74) is 1.31. The molecule has 0 spiro atoms. The van der Waals surface area contributed by atoms with Crippen molar-refractivity contribution in [1.29, 1.82) is 0 Å². The van der Waals surface area contributed by atoms with Crippen LogP contribution in [0.4, 0.5) is 5.69 Å². The number of sulfone groups is 1. The van der Waals surface area contributed by atoms with Gasteiger partial charge < -0.3 is 15.0 Å². The third-order valence-corrected chi connectivity index (χ3v) is 6.30. The van der Waals surface area contributed by atoms with Crippen LogP contribution in [0.15, 0.2) is 24.3 Å². The molecular formula is C19H26N2O6S. The molecule has 2 rings (SSSR count). The third kappa shape index (κ3) is 6.05. The highest BCUT2D eigenvalue weighted by molar-refractivity contribution is 7.91. The van der Waals surface area contributed by atoms with Crippen molar-refractivity contribution in [3.63, 3.8) is 0 Å². The Morgan fingerprint density at radius 1 is 1.25 bits per heavy atom. The van der Waals surface area contributed by atoms with Crippen LogP contribution in [0.25, 0.3) is 0 Å². The van der Waals surface area contributed by atoms with Gasteiger partial charge in [0.05, 0.1) is 17.9 Å². The van der Waals surface area contributed by atoms with Crippen molar-refractivity contribution >= 4 is 33.3 Å². The molecule has 2 atom stereocenters. The molecule has 1 N–H and O–H groups in total. The summed E-state index contributed by atoms with van der Waals surface area (Å²) in [6.07, 6.45) is -0.597. The van der Waals surface area contributed by atoms with Gasteiger partial charge in [0.1, 0.15) is 0 Å². The van der Waals surface area contributed by atoms with Crippen molar-refractivity contribution in [1.82, 2.24) is 4.90 Å². The zero-order valence-corrected chi connectivity index (χ0v) is 17.1.